The first kappa shape index (κ1) is 13.7. The zero-order chi connectivity index (χ0) is 13.3. The van der Waals surface area contributed by atoms with Gasteiger partial charge in [-0.15, -0.1) is 0 Å². The summed E-state index contributed by atoms with van der Waals surface area (Å²) < 4.78 is 5.08. The Balaban J connectivity index is 2.82. The molecule has 2 rings (SSSR count). The molecule has 2 aromatic rings. The Kier molecular flexibility index (Phi) is 4.17. The molecule has 3 nitrogen and oxygen atoms in total. The summed E-state index contributed by atoms with van der Waals surface area (Å²) in [5.41, 5.74) is 2.21. The zero-order valence-corrected chi connectivity index (χ0v) is 12.1. The largest absolute Gasteiger partial charge is 0.387 e. The topological polar surface area (TPSA) is 34.1 Å². The maximum atomic E-state index is 6.21. The molecule has 0 unspecified atom stereocenters. The number of ether oxygens (including phenoxy) is 1. The highest BCUT2D eigenvalue weighted by Crippen LogP contribution is 2.39. The molecular weight excluding hydrogens is 295 g/mol. The number of halogens is 3. The van der Waals surface area contributed by atoms with E-state index in [0.717, 1.165) is 16.8 Å². The Hall–Kier alpha value is -0.740. The minimum Gasteiger partial charge on any atom is -0.387 e. The van der Waals surface area contributed by atoms with Crippen LogP contribution < -0.4 is 5.32 Å². The third kappa shape index (κ3) is 2.36. The van der Waals surface area contributed by atoms with Crippen LogP contribution in [0.2, 0.25) is 15.1 Å². The van der Waals surface area contributed by atoms with Crippen molar-refractivity contribution in [3.05, 3.63) is 32.9 Å². The summed E-state index contributed by atoms with van der Waals surface area (Å²) in [5.74, 6) is 0. The molecule has 0 fully saturated rings. The average molecular weight is 306 g/mol. The molecule has 1 heterocycles. The fraction of sp³-hybridized carbons (Fsp3) is 0.250. The van der Waals surface area contributed by atoms with E-state index >= 15 is 0 Å². The van der Waals surface area contributed by atoms with E-state index < -0.39 is 0 Å². The summed E-state index contributed by atoms with van der Waals surface area (Å²) in [5, 5.41) is 5.10. The second-order valence-corrected chi connectivity index (χ2v) is 4.91. The molecule has 0 atom stereocenters. The van der Waals surface area contributed by atoms with Crippen LogP contribution in [0, 0.1) is 0 Å². The Morgan fingerprint density at radius 2 is 1.94 bits per heavy atom. The van der Waals surface area contributed by atoms with Crippen LogP contribution >= 0.6 is 34.8 Å². The number of methoxy groups -OCH3 is 1. The van der Waals surface area contributed by atoms with E-state index in [4.69, 9.17) is 39.5 Å². The first-order valence-corrected chi connectivity index (χ1v) is 6.35. The highest BCUT2D eigenvalue weighted by Gasteiger charge is 2.14. The Bertz CT molecular complexity index is 602. The third-order valence-corrected chi connectivity index (χ3v) is 3.62. The van der Waals surface area contributed by atoms with Gasteiger partial charge in [-0.05, 0) is 12.1 Å². The first-order valence-electron chi connectivity index (χ1n) is 5.22. The minimum absolute atomic E-state index is 0.404. The molecule has 0 bridgehead atoms. The van der Waals surface area contributed by atoms with Gasteiger partial charge in [-0.1, -0.05) is 34.8 Å². The van der Waals surface area contributed by atoms with E-state index in [1.54, 1.807) is 20.2 Å². The lowest BCUT2D eigenvalue weighted by atomic mass is 10.1. The van der Waals surface area contributed by atoms with E-state index in [0.29, 0.717) is 27.2 Å². The van der Waals surface area contributed by atoms with E-state index in [1.807, 2.05) is 6.07 Å². The number of rotatable bonds is 3. The predicted octanol–water partition coefficient (Wildman–Crippen LogP) is 4.38. The highest BCUT2D eigenvalue weighted by atomic mass is 35.5. The molecule has 0 radical (unpaired) electrons. The van der Waals surface area contributed by atoms with Gasteiger partial charge in [-0.3, -0.25) is 0 Å². The van der Waals surface area contributed by atoms with Crippen LogP contribution in [0.5, 0.6) is 0 Å². The average Bonchev–Trinajstić information content (AvgIpc) is 2.35. The van der Waals surface area contributed by atoms with Gasteiger partial charge >= 0.3 is 0 Å². The molecular formula is C12H11Cl3N2O. The van der Waals surface area contributed by atoms with Gasteiger partial charge in [-0.25, -0.2) is 4.98 Å². The highest BCUT2D eigenvalue weighted by molar-refractivity contribution is 6.48. The summed E-state index contributed by atoms with van der Waals surface area (Å²) >= 11 is 18.4. The number of nitrogens with zero attached hydrogens (tertiary/aromatic N) is 1. The van der Waals surface area contributed by atoms with Crippen LogP contribution in [0.1, 0.15) is 5.69 Å². The molecule has 18 heavy (non-hydrogen) atoms. The molecule has 1 N–H and O–H groups in total. The molecule has 0 aliphatic rings. The maximum Gasteiger partial charge on any atom is 0.0929 e. The van der Waals surface area contributed by atoms with Crippen LogP contribution in [0.25, 0.3) is 10.9 Å². The van der Waals surface area contributed by atoms with E-state index in [9.17, 15) is 0 Å². The number of anilines is 1. The van der Waals surface area contributed by atoms with Crippen molar-refractivity contribution in [2.75, 3.05) is 19.5 Å². The smallest absolute Gasteiger partial charge is 0.0929 e. The Morgan fingerprint density at radius 1 is 1.22 bits per heavy atom. The third-order valence-electron chi connectivity index (χ3n) is 2.54. The summed E-state index contributed by atoms with van der Waals surface area (Å²) in [4.78, 5) is 4.44. The van der Waals surface area contributed by atoms with Crippen molar-refractivity contribution in [1.82, 2.24) is 4.98 Å². The van der Waals surface area contributed by atoms with Gasteiger partial charge in [0.25, 0.3) is 0 Å². The van der Waals surface area contributed by atoms with Crippen molar-refractivity contribution in [3.8, 4) is 0 Å². The molecule has 1 aromatic heterocycles. The fourth-order valence-electron chi connectivity index (χ4n) is 1.77. The zero-order valence-electron chi connectivity index (χ0n) is 9.85. The lowest BCUT2D eigenvalue weighted by Gasteiger charge is -2.12. The maximum absolute atomic E-state index is 6.21. The molecule has 6 heteroatoms. The van der Waals surface area contributed by atoms with Crippen LogP contribution in [0.15, 0.2) is 12.1 Å². The van der Waals surface area contributed by atoms with Crippen molar-refractivity contribution in [2.45, 2.75) is 6.61 Å². The Labute approximate surface area is 120 Å². The molecule has 0 spiro atoms. The predicted molar refractivity (Wildman–Crippen MR) is 77.0 cm³/mol. The number of hydrogen-bond donors (Lipinski definition) is 1. The van der Waals surface area contributed by atoms with Crippen LogP contribution in [-0.4, -0.2) is 19.1 Å². The molecule has 1 aromatic carbocycles. The summed E-state index contributed by atoms with van der Waals surface area (Å²) in [6.07, 6.45) is 0. The lowest BCUT2D eigenvalue weighted by Crippen LogP contribution is -1.99. The van der Waals surface area contributed by atoms with Gasteiger partial charge in [0, 0.05) is 25.2 Å². The quantitative estimate of drug-likeness (QED) is 0.854. The molecule has 0 saturated carbocycles. The second-order valence-electron chi connectivity index (χ2n) is 3.72. The summed E-state index contributed by atoms with van der Waals surface area (Å²) in [6.45, 7) is 0.404. The van der Waals surface area contributed by atoms with Crippen LogP contribution in [-0.2, 0) is 11.3 Å². The van der Waals surface area contributed by atoms with Crippen LogP contribution in [0.3, 0.4) is 0 Å². The van der Waals surface area contributed by atoms with Gasteiger partial charge in [-0.2, -0.15) is 0 Å². The summed E-state index contributed by atoms with van der Waals surface area (Å²) in [6, 6.07) is 3.46. The molecule has 0 amide bonds. The Morgan fingerprint density at radius 3 is 2.56 bits per heavy atom. The SMILES string of the molecule is CNc1cc(COC)nc2c(Cl)cc(Cl)c(Cl)c12. The van der Waals surface area contributed by atoms with Crippen molar-refractivity contribution in [1.29, 1.82) is 0 Å². The van der Waals surface area contributed by atoms with Crippen molar-refractivity contribution in [3.63, 3.8) is 0 Å². The first-order chi connectivity index (χ1) is 8.58. The number of nitrogens with one attached hydrogen (secondary N) is 1. The molecule has 0 aliphatic heterocycles. The van der Waals surface area contributed by atoms with Gasteiger partial charge < -0.3 is 10.1 Å². The van der Waals surface area contributed by atoms with Gasteiger partial charge in [0.1, 0.15) is 0 Å². The van der Waals surface area contributed by atoms with Crippen molar-refractivity contribution in [2.24, 2.45) is 0 Å². The van der Waals surface area contributed by atoms with E-state index in [-0.39, 0.29) is 0 Å². The molecule has 0 aliphatic carbocycles. The normalized spacial score (nSPS) is 10.9. The second kappa shape index (κ2) is 5.49. The number of hydrogen-bond acceptors (Lipinski definition) is 3. The number of benzene rings is 1. The number of pyridine rings is 1. The number of fused-ring (bicyclic) bond motifs is 1. The van der Waals surface area contributed by atoms with Gasteiger partial charge in [0.05, 0.1) is 32.9 Å². The summed E-state index contributed by atoms with van der Waals surface area (Å²) in [7, 11) is 3.41. The van der Waals surface area contributed by atoms with Crippen LogP contribution in [0.4, 0.5) is 5.69 Å². The van der Waals surface area contributed by atoms with Crippen molar-refractivity contribution < 1.29 is 4.74 Å². The minimum atomic E-state index is 0.404. The molecule has 96 valence electrons. The lowest BCUT2D eigenvalue weighted by molar-refractivity contribution is 0.182. The standard InChI is InChI=1S/C12H11Cl3N2O/c1-16-9-3-6(5-18-2)17-12-8(14)4-7(13)11(15)10(9)12/h3-4H,5H2,1-2H3,(H,16,17). The molecule has 0 saturated heterocycles. The van der Waals surface area contributed by atoms with Gasteiger partial charge in [0.2, 0.25) is 0 Å². The van der Waals surface area contributed by atoms with Crippen molar-refractivity contribution >= 4 is 51.4 Å². The van der Waals surface area contributed by atoms with E-state index in [1.165, 1.54) is 0 Å². The fourth-order valence-corrected chi connectivity index (χ4v) is 2.53. The van der Waals surface area contributed by atoms with E-state index in [2.05, 4.69) is 10.3 Å². The number of aromatic nitrogens is 1. The van der Waals surface area contributed by atoms with Gasteiger partial charge in [0.15, 0.2) is 0 Å². The monoisotopic (exact) mass is 304 g/mol.